The van der Waals surface area contributed by atoms with Crippen molar-refractivity contribution in [2.75, 3.05) is 19.7 Å². The van der Waals surface area contributed by atoms with Gasteiger partial charge in [0.05, 0.1) is 11.9 Å². The van der Waals surface area contributed by atoms with E-state index in [1.807, 2.05) is 6.33 Å². The zero-order valence-electron chi connectivity index (χ0n) is 11.4. The van der Waals surface area contributed by atoms with E-state index in [4.69, 9.17) is 4.74 Å². The van der Waals surface area contributed by atoms with Gasteiger partial charge in [-0.25, -0.2) is 4.98 Å². The van der Waals surface area contributed by atoms with Gasteiger partial charge in [0.25, 0.3) is 0 Å². The van der Waals surface area contributed by atoms with Crippen molar-refractivity contribution in [3.63, 3.8) is 0 Å². The van der Waals surface area contributed by atoms with Crippen LogP contribution in [0.1, 0.15) is 50.8 Å². The fourth-order valence-electron chi connectivity index (χ4n) is 3.28. The van der Waals surface area contributed by atoms with Crippen molar-refractivity contribution in [3.8, 4) is 0 Å². The van der Waals surface area contributed by atoms with Crippen LogP contribution in [0.3, 0.4) is 0 Å². The Labute approximate surface area is 109 Å². The molecule has 0 spiro atoms. The van der Waals surface area contributed by atoms with Crippen molar-refractivity contribution in [1.29, 1.82) is 0 Å². The number of imidazole rings is 1. The van der Waals surface area contributed by atoms with E-state index in [-0.39, 0.29) is 5.60 Å². The fourth-order valence-corrected chi connectivity index (χ4v) is 3.28. The smallest absolute Gasteiger partial charge is 0.0950 e. The molecule has 1 N–H and O–H groups in total. The lowest BCUT2D eigenvalue weighted by Gasteiger charge is -2.37. The SMILES string of the molecule is CC1(C)CC(n2cncc2C2CCNC2)CCO1. The normalized spacial score (nSPS) is 31.7. The summed E-state index contributed by atoms with van der Waals surface area (Å²) in [6, 6.07) is 0.548. The molecule has 2 aliphatic heterocycles. The van der Waals surface area contributed by atoms with Gasteiger partial charge < -0.3 is 14.6 Å². The maximum absolute atomic E-state index is 5.81. The Morgan fingerprint density at radius 3 is 3.06 bits per heavy atom. The molecule has 1 aromatic rings. The van der Waals surface area contributed by atoms with Gasteiger partial charge in [0.1, 0.15) is 0 Å². The molecule has 0 amide bonds. The first-order valence-corrected chi connectivity index (χ1v) is 7.02. The van der Waals surface area contributed by atoms with E-state index in [0.717, 1.165) is 32.5 Å². The van der Waals surface area contributed by atoms with E-state index < -0.39 is 0 Å². The molecule has 18 heavy (non-hydrogen) atoms. The topological polar surface area (TPSA) is 39.1 Å². The van der Waals surface area contributed by atoms with Gasteiger partial charge in [0.15, 0.2) is 0 Å². The predicted octanol–water partition coefficient (Wildman–Crippen LogP) is 2.09. The molecular formula is C14H23N3O. The molecule has 4 nitrogen and oxygen atoms in total. The molecule has 2 fully saturated rings. The van der Waals surface area contributed by atoms with Gasteiger partial charge in [-0.2, -0.15) is 0 Å². The first-order valence-electron chi connectivity index (χ1n) is 7.02. The molecule has 0 aliphatic carbocycles. The number of hydrogen-bond donors (Lipinski definition) is 1. The quantitative estimate of drug-likeness (QED) is 0.872. The van der Waals surface area contributed by atoms with Crippen LogP contribution >= 0.6 is 0 Å². The first kappa shape index (κ1) is 12.2. The third kappa shape index (κ3) is 2.31. The molecular weight excluding hydrogens is 226 g/mol. The second-order valence-corrected chi connectivity index (χ2v) is 6.17. The zero-order chi connectivity index (χ0) is 12.6. The lowest BCUT2D eigenvalue weighted by molar-refractivity contribution is -0.0695. The Bertz CT molecular complexity index is 407. The Morgan fingerprint density at radius 1 is 1.44 bits per heavy atom. The number of aromatic nitrogens is 2. The number of ether oxygens (including phenoxy) is 1. The van der Waals surface area contributed by atoms with Gasteiger partial charge in [0, 0.05) is 37.0 Å². The van der Waals surface area contributed by atoms with Crippen molar-refractivity contribution >= 4 is 0 Å². The van der Waals surface area contributed by atoms with Crippen molar-refractivity contribution in [2.45, 2.75) is 50.7 Å². The molecule has 4 heteroatoms. The van der Waals surface area contributed by atoms with Crippen LogP contribution in [-0.2, 0) is 4.74 Å². The summed E-state index contributed by atoms with van der Waals surface area (Å²) in [4.78, 5) is 4.38. The molecule has 0 aromatic carbocycles. The third-order valence-electron chi connectivity index (χ3n) is 4.24. The van der Waals surface area contributed by atoms with Crippen LogP contribution in [0, 0.1) is 0 Å². The van der Waals surface area contributed by atoms with E-state index in [9.17, 15) is 0 Å². The van der Waals surface area contributed by atoms with Crippen LogP contribution in [0.5, 0.6) is 0 Å². The lowest BCUT2D eigenvalue weighted by atomic mass is 9.93. The Kier molecular flexibility index (Phi) is 3.16. The monoisotopic (exact) mass is 249 g/mol. The molecule has 2 aliphatic rings. The summed E-state index contributed by atoms with van der Waals surface area (Å²) in [6.07, 6.45) is 7.49. The molecule has 2 atom stereocenters. The van der Waals surface area contributed by atoms with Crippen molar-refractivity contribution in [1.82, 2.24) is 14.9 Å². The lowest BCUT2D eigenvalue weighted by Crippen LogP contribution is -2.35. The van der Waals surface area contributed by atoms with Crippen molar-refractivity contribution in [2.24, 2.45) is 0 Å². The molecule has 3 heterocycles. The maximum Gasteiger partial charge on any atom is 0.0950 e. The Morgan fingerprint density at radius 2 is 2.33 bits per heavy atom. The predicted molar refractivity (Wildman–Crippen MR) is 70.8 cm³/mol. The summed E-state index contributed by atoms with van der Waals surface area (Å²) in [5, 5.41) is 3.44. The van der Waals surface area contributed by atoms with Gasteiger partial charge in [-0.3, -0.25) is 0 Å². The van der Waals surface area contributed by atoms with E-state index in [2.05, 4.69) is 34.9 Å². The standard InChI is InChI=1S/C14H23N3O/c1-14(2)7-12(4-6-18-14)17-10-16-9-13(17)11-3-5-15-8-11/h9-12,15H,3-8H2,1-2H3. The average molecular weight is 249 g/mol. The van der Waals surface area contributed by atoms with E-state index in [1.165, 1.54) is 12.1 Å². The summed E-state index contributed by atoms with van der Waals surface area (Å²) in [7, 11) is 0. The molecule has 3 rings (SSSR count). The fraction of sp³-hybridized carbons (Fsp3) is 0.786. The van der Waals surface area contributed by atoms with Crippen LogP contribution in [0.25, 0.3) is 0 Å². The minimum atomic E-state index is -0.00160. The first-order chi connectivity index (χ1) is 8.66. The number of rotatable bonds is 2. The summed E-state index contributed by atoms with van der Waals surface area (Å²) in [6.45, 7) is 7.46. The van der Waals surface area contributed by atoms with E-state index in [0.29, 0.717) is 12.0 Å². The summed E-state index contributed by atoms with van der Waals surface area (Å²) in [5.41, 5.74) is 1.40. The van der Waals surface area contributed by atoms with Gasteiger partial charge in [0.2, 0.25) is 0 Å². The highest BCUT2D eigenvalue weighted by Crippen LogP contribution is 2.34. The van der Waals surface area contributed by atoms with E-state index in [1.54, 1.807) is 0 Å². The third-order valence-corrected chi connectivity index (χ3v) is 4.24. The van der Waals surface area contributed by atoms with E-state index >= 15 is 0 Å². The second kappa shape index (κ2) is 4.67. The minimum absolute atomic E-state index is 0.00160. The van der Waals surface area contributed by atoms with Crippen LogP contribution in [0.4, 0.5) is 0 Å². The second-order valence-electron chi connectivity index (χ2n) is 6.17. The Balaban J connectivity index is 1.81. The van der Waals surface area contributed by atoms with Gasteiger partial charge in [-0.15, -0.1) is 0 Å². The molecule has 2 unspecified atom stereocenters. The van der Waals surface area contributed by atoms with Crippen LogP contribution in [-0.4, -0.2) is 34.8 Å². The molecule has 0 saturated carbocycles. The Hall–Kier alpha value is -0.870. The molecule has 0 bridgehead atoms. The van der Waals surface area contributed by atoms with Gasteiger partial charge >= 0.3 is 0 Å². The van der Waals surface area contributed by atoms with Gasteiger partial charge in [-0.05, 0) is 39.7 Å². The summed E-state index contributed by atoms with van der Waals surface area (Å²) >= 11 is 0. The maximum atomic E-state index is 5.81. The van der Waals surface area contributed by atoms with Gasteiger partial charge in [-0.1, -0.05) is 0 Å². The molecule has 100 valence electrons. The van der Waals surface area contributed by atoms with Crippen LogP contribution in [0.2, 0.25) is 0 Å². The average Bonchev–Trinajstić information content (AvgIpc) is 2.98. The summed E-state index contributed by atoms with van der Waals surface area (Å²) < 4.78 is 8.22. The highest BCUT2D eigenvalue weighted by atomic mass is 16.5. The zero-order valence-corrected chi connectivity index (χ0v) is 11.4. The minimum Gasteiger partial charge on any atom is -0.375 e. The van der Waals surface area contributed by atoms with Crippen LogP contribution < -0.4 is 5.32 Å². The largest absolute Gasteiger partial charge is 0.375 e. The van der Waals surface area contributed by atoms with Crippen molar-refractivity contribution < 1.29 is 4.74 Å². The number of nitrogens with zero attached hydrogens (tertiary/aromatic N) is 2. The molecule has 1 aromatic heterocycles. The van der Waals surface area contributed by atoms with Crippen molar-refractivity contribution in [3.05, 3.63) is 18.2 Å². The molecule has 0 radical (unpaired) electrons. The number of hydrogen-bond acceptors (Lipinski definition) is 3. The molecule has 2 saturated heterocycles. The number of nitrogens with one attached hydrogen (secondary N) is 1. The van der Waals surface area contributed by atoms with Crippen LogP contribution in [0.15, 0.2) is 12.5 Å². The highest BCUT2D eigenvalue weighted by Gasteiger charge is 2.32. The summed E-state index contributed by atoms with van der Waals surface area (Å²) in [5.74, 6) is 0.637. The highest BCUT2D eigenvalue weighted by molar-refractivity contribution is 5.11.